The van der Waals surface area contributed by atoms with Crippen LogP contribution in [0.3, 0.4) is 0 Å². The van der Waals surface area contributed by atoms with Crippen LogP contribution in [0.4, 0.5) is 5.69 Å². The van der Waals surface area contributed by atoms with E-state index in [1.165, 1.54) is 35.6 Å². The zero-order valence-corrected chi connectivity index (χ0v) is 16.5. The van der Waals surface area contributed by atoms with Crippen molar-refractivity contribution in [2.24, 2.45) is 0 Å². The molecule has 3 aromatic rings. The number of thiazole rings is 1. The van der Waals surface area contributed by atoms with Crippen LogP contribution in [0.5, 0.6) is 0 Å². The highest BCUT2D eigenvalue weighted by atomic mass is 32.2. The molecular weight excluding hydrogens is 392 g/mol. The van der Waals surface area contributed by atoms with E-state index in [1.807, 2.05) is 6.26 Å². The second-order valence-corrected chi connectivity index (χ2v) is 8.98. The van der Waals surface area contributed by atoms with Crippen LogP contribution in [-0.4, -0.2) is 32.2 Å². The molecule has 0 saturated heterocycles. The van der Waals surface area contributed by atoms with Gasteiger partial charge in [0, 0.05) is 0 Å². The number of fused-ring (bicyclic) bond motifs is 1. The van der Waals surface area contributed by atoms with Crippen molar-refractivity contribution in [3.8, 4) is 0 Å². The fourth-order valence-electron chi connectivity index (χ4n) is 2.25. The number of thioether (sulfide) groups is 1. The first-order chi connectivity index (χ1) is 12.4. The molecule has 26 heavy (non-hydrogen) atoms. The minimum atomic E-state index is -3.76. The molecule has 0 bridgehead atoms. The summed E-state index contributed by atoms with van der Waals surface area (Å²) in [5.74, 6) is -0.482. The Morgan fingerprint density at radius 2 is 1.96 bits per heavy atom. The predicted octanol–water partition coefficient (Wildman–Crippen LogP) is 4.00. The maximum atomic E-state index is 12.6. The number of rotatable bonds is 6. The summed E-state index contributed by atoms with van der Waals surface area (Å²) in [6.45, 7) is 1.97. The Balaban J connectivity index is 1.83. The molecule has 1 heterocycles. The third kappa shape index (κ3) is 4.00. The standard InChI is InChI=1S/C17H16N2O4S3/c1-3-23-16(20)11-4-7-13(8-5-11)26(21,22)19-12-6-9-14-15(10-12)25-17(18-14)24-2/h4-10,19H,3H2,1-2H3. The van der Waals surface area contributed by atoms with Gasteiger partial charge >= 0.3 is 5.97 Å². The highest BCUT2D eigenvalue weighted by molar-refractivity contribution is 8.00. The molecule has 0 aliphatic rings. The zero-order valence-electron chi connectivity index (χ0n) is 14.1. The van der Waals surface area contributed by atoms with Gasteiger partial charge in [-0.3, -0.25) is 4.72 Å². The van der Waals surface area contributed by atoms with E-state index in [9.17, 15) is 13.2 Å². The lowest BCUT2D eigenvalue weighted by Crippen LogP contribution is -2.13. The van der Waals surface area contributed by atoms with Crippen molar-refractivity contribution in [3.63, 3.8) is 0 Å². The Morgan fingerprint density at radius 3 is 2.62 bits per heavy atom. The van der Waals surface area contributed by atoms with Crippen molar-refractivity contribution in [2.45, 2.75) is 16.2 Å². The number of ether oxygens (including phenoxy) is 1. The smallest absolute Gasteiger partial charge is 0.338 e. The van der Waals surface area contributed by atoms with Crippen LogP contribution in [0, 0.1) is 0 Å². The van der Waals surface area contributed by atoms with E-state index < -0.39 is 16.0 Å². The monoisotopic (exact) mass is 408 g/mol. The van der Waals surface area contributed by atoms with Crippen molar-refractivity contribution in [1.82, 2.24) is 4.98 Å². The molecule has 0 aliphatic heterocycles. The lowest BCUT2D eigenvalue weighted by atomic mass is 10.2. The second kappa shape index (κ2) is 7.65. The largest absolute Gasteiger partial charge is 0.462 e. The summed E-state index contributed by atoms with van der Waals surface area (Å²) in [5.41, 5.74) is 1.60. The lowest BCUT2D eigenvalue weighted by Gasteiger charge is -2.09. The molecule has 1 N–H and O–H groups in total. The first-order valence-corrected chi connectivity index (χ1v) is 11.2. The summed E-state index contributed by atoms with van der Waals surface area (Å²) in [6.07, 6.45) is 1.95. The molecule has 0 spiro atoms. The predicted molar refractivity (Wildman–Crippen MR) is 105 cm³/mol. The summed E-state index contributed by atoms with van der Waals surface area (Å²) >= 11 is 3.06. The number of sulfonamides is 1. The number of carbonyl (C=O) groups is 1. The minimum Gasteiger partial charge on any atom is -0.462 e. The van der Waals surface area contributed by atoms with Gasteiger partial charge in [-0.25, -0.2) is 18.2 Å². The van der Waals surface area contributed by atoms with E-state index in [0.29, 0.717) is 11.3 Å². The molecule has 0 unspecified atom stereocenters. The molecule has 9 heteroatoms. The van der Waals surface area contributed by atoms with Gasteiger partial charge in [0.15, 0.2) is 4.34 Å². The van der Waals surface area contributed by atoms with E-state index in [2.05, 4.69) is 9.71 Å². The molecule has 136 valence electrons. The third-order valence-corrected chi connectivity index (χ3v) is 6.87. The van der Waals surface area contributed by atoms with Crippen molar-refractivity contribution in [3.05, 3.63) is 48.0 Å². The number of hydrogen-bond donors (Lipinski definition) is 1. The van der Waals surface area contributed by atoms with E-state index in [1.54, 1.807) is 36.9 Å². The molecular formula is C17H16N2O4S3. The van der Waals surface area contributed by atoms with Crippen LogP contribution in [0.2, 0.25) is 0 Å². The molecule has 0 fully saturated rings. The molecule has 0 aliphatic carbocycles. The van der Waals surface area contributed by atoms with Gasteiger partial charge in [-0.1, -0.05) is 11.8 Å². The van der Waals surface area contributed by atoms with Gasteiger partial charge in [0.05, 0.1) is 33.0 Å². The zero-order chi connectivity index (χ0) is 18.7. The van der Waals surface area contributed by atoms with Crippen molar-refractivity contribution in [2.75, 3.05) is 17.6 Å². The van der Waals surface area contributed by atoms with Crippen LogP contribution in [0.15, 0.2) is 51.7 Å². The maximum Gasteiger partial charge on any atom is 0.338 e. The number of hydrogen-bond acceptors (Lipinski definition) is 7. The van der Waals surface area contributed by atoms with Gasteiger partial charge in [-0.2, -0.15) is 0 Å². The fourth-order valence-corrected chi connectivity index (χ4v) is 4.83. The summed E-state index contributed by atoms with van der Waals surface area (Å²) in [7, 11) is -3.76. The average Bonchev–Trinajstić information content (AvgIpc) is 3.04. The summed E-state index contributed by atoms with van der Waals surface area (Å²) in [6, 6.07) is 10.9. The molecule has 3 rings (SSSR count). The number of nitrogens with one attached hydrogen (secondary N) is 1. The number of nitrogens with zero attached hydrogens (tertiary/aromatic N) is 1. The Bertz CT molecular complexity index is 1040. The Kier molecular flexibility index (Phi) is 5.49. The van der Waals surface area contributed by atoms with Crippen LogP contribution in [0.25, 0.3) is 10.2 Å². The van der Waals surface area contributed by atoms with E-state index >= 15 is 0 Å². The van der Waals surface area contributed by atoms with Gasteiger partial charge in [-0.05, 0) is 55.6 Å². The van der Waals surface area contributed by atoms with Gasteiger partial charge in [-0.15, -0.1) is 11.3 Å². The molecule has 0 radical (unpaired) electrons. The molecule has 0 atom stereocenters. The Morgan fingerprint density at radius 1 is 1.23 bits per heavy atom. The van der Waals surface area contributed by atoms with Crippen LogP contribution >= 0.6 is 23.1 Å². The highest BCUT2D eigenvalue weighted by Crippen LogP contribution is 2.30. The molecule has 2 aromatic carbocycles. The number of esters is 1. The fraction of sp³-hybridized carbons (Fsp3) is 0.176. The van der Waals surface area contributed by atoms with Crippen molar-refractivity contribution < 1.29 is 17.9 Å². The van der Waals surface area contributed by atoms with E-state index in [-0.39, 0.29) is 11.5 Å². The molecule has 0 saturated carbocycles. The first kappa shape index (κ1) is 18.7. The quantitative estimate of drug-likeness (QED) is 0.490. The van der Waals surface area contributed by atoms with Crippen LogP contribution in [0.1, 0.15) is 17.3 Å². The lowest BCUT2D eigenvalue weighted by molar-refractivity contribution is 0.0526. The summed E-state index contributed by atoms with van der Waals surface area (Å²) in [5, 5.41) is 0. The number of benzene rings is 2. The van der Waals surface area contributed by atoms with Crippen molar-refractivity contribution >= 4 is 55.0 Å². The third-order valence-electron chi connectivity index (χ3n) is 3.47. The van der Waals surface area contributed by atoms with Gasteiger partial charge in [0.2, 0.25) is 0 Å². The highest BCUT2D eigenvalue weighted by Gasteiger charge is 2.16. The summed E-state index contributed by atoms with van der Waals surface area (Å²) < 4.78 is 34.4. The average molecular weight is 409 g/mol. The molecule has 0 amide bonds. The van der Waals surface area contributed by atoms with Gasteiger partial charge in [0.25, 0.3) is 10.0 Å². The normalized spacial score (nSPS) is 11.5. The minimum absolute atomic E-state index is 0.0692. The Labute approximate surface area is 159 Å². The summed E-state index contributed by atoms with van der Waals surface area (Å²) in [4.78, 5) is 16.2. The molecule has 6 nitrogen and oxygen atoms in total. The Hall–Kier alpha value is -2.10. The number of aromatic nitrogens is 1. The van der Waals surface area contributed by atoms with Crippen LogP contribution in [-0.2, 0) is 14.8 Å². The van der Waals surface area contributed by atoms with Gasteiger partial charge < -0.3 is 4.74 Å². The second-order valence-electron chi connectivity index (χ2n) is 5.22. The van der Waals surface area contributed by atoms with E-state index in [4.69, 9.17) is 4.74 Å². The van der Waals surface area contributed by atoms with Gasteiger partial charge in [0.1, 0.15) is 0 Å². The molecule has 1 aromatic heterocycles. The van der Waals surface area contributed by atoms with E-state index in [0.717, 1.165) is 14.6 Å². The van der Waals surface area contributed by atoms with Crippen LogP contribution < -0.4 is 4.72 Å². The maximum absolute atomic E-state index is 12.6. The van der Waals surface area contributed by atoms with Crippen molar-refractivity contribution in [1.29, 1.82) is 0 Å². The topological polar surface area (TPSA) is 85.4 Å². The number of anilines is 1. The number of carbonyl (C=O) groups excluding carboxylic acids is 1. The first-order valence-electron chi connectivity index (χ1n) is 7.67. The SMILES string of the molecule is CCOC(=O)c1ccc(S(=O)(=O)Nc2ccc3nc(SC)sc3c2)cc1.